The number of piperidine rings is 1. The molecule has 0 unspecified atom stereocenters. The molecule has 0 aromatic carbocycles. The topological polar surface area (TPSA) is 59.9 Å². The van der Waals surface area contributed by atoms with Gasteiger partial charge in [0.15, 0.2) is 5.96 Å². The highest BCUT2D eigenvalue weighted by atomic mass is 127. The lowest BCUT2D eigenvalue weighted by atomic mass is 10.1. The first-order valence-corrected chi connectivity index (χ1v) is 6.79. The van der Waals surface area contributed by atoms with Crippen LogP contribution in [0.25, 0.3) is 0 Å². The second kappa shape index (κ2) is 11.5. The van der Waals surface area contributed by atoms with E-state index in [2.05, 4.69) is 27.1 Å². The molecule has 1 saturated heterocycles. The number of guanidine groups is 1. The largest absolute Gasteiger partial charge is 0.394 e. The summed E-state index contributed by atoms with van der Waals surface area (Å²) in [5, 5.41) is 15.4. The molecule has 1 fully saturated rings. The standard InChI is InChI=1S/C13H26N4O.HI/c1-3-8-17-9-5-12(6-10-17)16-13(14-4-2)15-7-11-18;/h3,12,18H,1,4-11H2,2H3,(H2,14,15,16);1H. The van der Waals surface area contributed by atoms with Gasteiger partial charge in [-0.1, -0.05) is 6.08 Å². The zero-order valence-corrected chi connectivity index (χ0v) is 14.1. The van der Waals surface area contributed by atoms with Crippen LogP contribution in [0, 0.1) is 0 Å². The third-order valence-corrected chi connectivity index (χ3v) is 3.03. The van der Waals surface area contributed by atoms with Crippen LogP contribution in [-0.2, 0) is 0 Å². The molecule has 0 aromatic heterocycles. The third-order valence-electron chi connectivity index (χ3n) is 3.03. The summed E-state index contributed by atoms with van der Waals surface area (Å²) in [7, 11) is 0. The number of nitrogens with one attached hydrogen (secondary N) is 2. The molecule has 1 rings (SSSR count). The summed E-state index contributed by atoms with van der Waals surface area (Å²) >= 11 is 0. The van der Waals surface area contributed by atoms with Gasteiger partial charge in [-0.25, -0.2) is 0 Å². The highest BCUT2D eigenvalue weighted by molar-refractivity contribution is 14.0. The van der Waals surface area contributed by atoms with E-state index in [9.17, 15) is 0 Å². The molecule has 0 saturated carbocycles. The molecule has 3 N–H and O–H groups in total. The van der Waals surface area contributed by atoms with Crippen LogP contribution in [0.15, 0.2) is 17.6 Å². The molecule has 112 valence electrons. The Kier molecular flexibility index (Phi) is 11.3. The molecule has 0 radical (unpaired) electrons. The van der Waals surface area contributed by atoms with E-state index in [-0.39, 0.29) is 30.6 Å². The molecular formula is C13H27IN4O. The number of likely N-dealkylation sites (tertiary alicyclic amines) is 1. The number of hydrogen-bond acceptors (Lipinski definition) is 3. The van der Waals surface area contributed by atoms with Gasteiger partial charge in [0.05, 0.1) is 13.2 Å². The summed E-state index contributed by atoms with van der Waals surface area (Å²) in [5.74, 6) is 0.814. The van der Waals surface area contributed by atoms with Crippen molar-refractivity contribution in [2.24, 2.45) is 4.99 Å². The first kappa shape index (κ1) is 18.7. The highest BCUT2D eigenvalue weighted by Crippen LogP contribution is 2.09. The van der Waals surface area contributed by atoms with Gasteiger partial charge in [-0.2, -0.15) is 0 Å². The number of rotatable bonds is 6. The monoisotopic (exact) mass is 382 g/mol. The van der Waals surface area contributed by atoms with Crippen molar-refractivity contribution >= 4 is 29.9 Å². The van der Waals surface area contributed by atoms with Crippen molar-refractivity contribution in [2.75, 3.05) is 39.3 Å². The molecule has 0 aromatic rings. The van der Waals surface area contributed by atoms with E-state index < -0.39 is 0 Å². The molecule has 0 bridgehead atoms. The summed E-state index contributed by atoms with van der Waals surface area (Å²) < 4.78 is 0. The van der Waals surface area contributed by atoms with Crippen molar-refractivity contribution in [3.05, 3.63) is 12.7 Å². The van der Waals surface area contributed by atoms with E-state index in [4.69, 9.17) is 5.11 Å². The molecule has 1 aliphatic heterocycles. The Morgan fingerprint density at radius 3 is 2.68 bits per heavy atom. The van der Waals surface area contributed by atoms with Crippen LogP contribution in [0.2, 0.25) is 0 Å². The first-order valence-electron chi connectivity index (χ1n) is 6.79. The van der Waals surface area contributed by atoms with Gasteiger partial charge in [-0.05, 0) is 19.8 Å². The second-order valence-corrected chi connectivity index (χ2v) is 4.49. The minimum absolute atomic E-state index is 0. The zero-order valence-electron chi connectivity index (χ0n) is 11.8. The Labute approximate surface area is 133 Å². The number of aliphatic imine (C=N–C) groups is 1. The van der Waals surface area contributed by atoms with Crippen LogP contribution in [0.4, 0.5) is 0 Å². The summed E-state index contributed by atoms with van der Waals surface area (Å²) in [4.78, 5) is 6.70. The van der Waals surface area contributed by atoms with Crippen LogP contribution in [-0.4, -0.2) is 61.3 Å². The Balaban J connectivity index is 0.00000324. The van der Waals surface area contributed by atoms with Crippen LogP contribution >= 0.6 is 24.0 Å². The smallest absolute Gasteiger partial charge is 0.191 e. The molecule has 0 amide bonds. The molecule has 19 heavy (non-hydrogen) atoms. The van der Waals surface area contributed by atoms with Crippen molar-refractivity contribution in [3.8, 4) is 0 Å². The van der Waals surface area contributed by atoms with Crippen molar-refractivity contribution in [1.82, 2.24) is 15.5 Å². The van der Waals surface area contributed by atoms with Crippen molar-refractivity contribution < 1.29 is 5.11 Å². The minimum Gasteiger partial charge on any atom is -0.394 e. The predicted octanol–water partition coefficient (Wildman–Crippen LogP) is 0.802. The quantitative estimate of drug-likeness (QED) is 0.275. The van der Waals surface area contributed by atoms with Gasteiger partial charge < -0.3 is 15.7 Å². The highest BCUT2D eigenvalue weighted by Gasteiger charge is 2.18. The van der Waals surface area contributed by atoms with E-state index in [1.54, 1.807) is 0 Å². The van der Waals surface area contributed by atoms with Gasteiger partial charge in [0.2, 0.25) is 0 Å². The molecule has 1 aliphatic rings. The Hall–Kier alpha value is -0.340. The average molecular weight is 382 g/mol. The fourth-order valence-electron chi connectivity index (χ4n) is 2.12. The van der Waals surface area contributed by atoms with E-state index in [1.165, 1.54) is 0 Å². The summed E-state index contributed by atoms with van der Waals surface area (Å²) in [6, 6.07) is 0.475. The predicted molar refractivity (Wildman–Crippen MR) is 91.3 cm³/mol. The number of halogens is 1. The minimum atomic E-state index is 0. The zero-order chi connectivity index (χ0) is 13.2. The fourth-order valence-corrected chi connectivity index (χ4v) is 2.12. The normalized spacial score (nSPS) is 17.7. The Morgan fingerprint density at radius 1 is 1.47 bits per heavy atom. The SMILES string of the molecule is C=CCN1CCC(NC(=NCCO)NCC)CC1.I. The number of nitrogens with zero attached hydrogens (tertiary/aromatic N) is 2. The second-order valence-electron chi connectivity index (χ2n) is 4.49. The van der Waals surface area contributed by atoms with Gasteiger partial charge in [0.1, 0.15) is 0 Å². The first-order chi connectivity index (χ1) is 8.80. The van der Waals surface area contributed by atoms with Gasteiger partial charge in [-0.3, -0.25) is 9.89 Å². The maximum atomic E-state index is 8.80. The van der Waals surface area contributed by atoms with Gasteiger partial charge >= 0.3 is 0 Å². The lowest BCUT2D eigenvalue weighted by Crippen LogP contribution is -2.48. The molecular weight excluding hydrogens is 355 g/mol. The number of hydrogen-bond donors (Lipinski definition) is 3. The summed E-state index contributed by atoms with van der Waals surface area (Å²) in [6.07, 6.45) is 4.20. The Bertz CT molecular complexity index is 265. The van der Waals surface area contributed by atoms with E-state index in [1.807, 2.05) is 13.0 Å². The molecule has 5 nitrogen and oxygen atoms in total. The van der Waals surface area contributed by atoms with Crippen LogP contribution in [0.5, 0.6) is 0 Å². The molecule has 0 atom stereocenters. The van der Waals surface area contributed by atoms with Crippen LogP contribution < -0.4 is 10.6 Å². The maximum absolute atomic E-state index is 8.80. The fraction of sp³-hybridized carbons (Fsp3) is 0.769. The van der Waals surface area contributed by atoms with E-state index in [0.29, 0.717) is 12.6 Å². The maximum Gasteiger partial charge on any atom is 0.191 e. The van der Waals surface area contributed by atoms with Gasteiger partial charge in [0.25, 0.3) is 0 Å². The van der Waals surface area contributed by atoms with Gasteiger partial charge in [0, 0.05) is 32.2 Å². The third kappa shape index (κ3) is 7.74. The lowest BCUT2D eigenvalue weighted by molar-refractivity contribution is 0.225. The molecule has 0 spiro atoms. The van der Waals surface area contributed by atoms with Crippen molar-refractivity contribution in [3.63, 3.8) is 0 Å². The summed E-state index contributed by atoms with van der Waals surface area (Å²) in [6.45, 7) is 10.4. The van der Waals surface area contributed by atoms with E-state index in [0.717, 1.165) is 45.0 Å². The Morgan fingerprint density at radius 2 is 2.16 bits per heavy atom. The van der Waals surface area contributed by atoms with Crippen molar-refractivity contribution in [1.29, 1.82) is 0 Å². The van der Waals surface area contributed by atoms with Crippen molar-refractivity contribution in [2.45, 2.75) is 25.8 Å². The molecule has 1 heterocycles. The molecule has 0 aliphatic carbocycles. The number of aliphatic hydroxyl groups excluding tert-OH is 1. The average Bonchev–Trinajstić information content (AvgIpc) is 2.39. The summed E-state index contributed by atoms with van der Waals surface area (Å²) in [5.41, 5.74) is 0. The lowest BCUT2D eigenvalue weighted by Gasteiger charge is -2.32. The van der Waals surface area contributed by atoms with E-state index >= 15 is 0 Å². The van der Waals surface area contributed by atoms with Crippen LogP contribution in [0.3, 0.4) is 0 Å². The van der Waals surface area contributed by atoms with Crippen LogP contribution in [0.1, 0.15) is 19.8 Å². The van der Waals surface area contributed by atoms with Gasteiger partial charge in [-0.15, -0.1) is 30.6 Å². The molecule has 6 heteroatoms. The number of aliphatic hydroxyl groups is 1.